The second-order valence-electron chi connectivity index (χ2n) is 11.2. The van der Waals surface area contributed by atoms with Gasteiger partial charge in [0.15, 0.2) is 0 Å². The molecule has 210 valence electrons. The van der Waals surface area contributed by atoms with Crippen LogP contribution in [0, 0.1) is 5.41 Å². The number of rotatable bonds is 5. The lowest BCUT2D eigenvalue weighted by molar-refractivity contribution is -0.0770. The average Bonchev–Trinajstić information content (AvgIpc) is 2.82. The van der Waals surface area contributed by atoms with Crippen molar-refractivity contribution in [3.8, 4) is 11.5 Å². The highest BCUT2D eigenvalue weighted by Gasteiger charge is 2.58. The number of nitrogens with one attached hydrogen (secondary N) is 1. The molecule has 3 amide bonds. The van der Waals surface area contributed by atoms with Crippen LogP contribution in [0.15, 0.2) is 12.3 Å². The van der Waals surface area contributed by atoms with Crippen molar-refractivity contribution in [2.24, 2.45) is 5.41 Å². The summed E-state index contributed by atoms with van der Waals surface area (Å²) in [7, 11) is 4.69. The molecule has 1 aromatic heterocycles. The number of carbonyl (C=O) groups is 2. The molecule has 13 heteroatoms. The summed E-state index contributed by atoms with van der Waals surface area (Å²) in [6, 6.07) is 1.13. The Balaban J connectivity index is 1.44. The highest BCUT2D eigenvalue weighted by atomic mass is 35.5. The molecule has 2 fully saturated rings. The number of likely N-dealkylation sites (tertiary alicyclic amines) is 1. The van der Waals surface area contributed by atoms with Crippen LogP contribution in [0.4, 0.5) is 27.0 Å². The molecule has 2 aromatic rings. The molecule has 1 N–H and O–H groups in total. The van der Waals surface area contributed by atoms with E-state index in [1.165, 1.54) is 19.1 Å². The maximum Gasteiger partial charge on any atom is 0.410 e. The fourth-order valence-corrected chi connectivity index (χ4v) is 6.21. The molecule has 5 rings (SSSR count). The quantitative estimate of drug-likeness (QED) is 0.516. The number of amides is 3. The first kappa shape index (κ1) is 27.4. The highest BCUT2D eigenvalue weighted by molar-refractivity contribution is 6.42. The number of methoxy groups -OCH3 is 2. The molecule has 1 aromatic carbocycles. The molecule has 1 saturated carbocycles. The Labute approximate surface area is 237 Å². The van der Waals surface area contributed by atoms with Gasteiger partial charge >= 0.3 is 12.1 Å². The van der Waals surface area contributed by atoms with E-state index in [2.05, 4.69) is 15.3 Å². The maximum atomic E-state index is 14.2. The maximum absolute atomic E-state index is 14.2. The number of anilines is 3. The van der Waals surface area contributed by atoms with Crippen LogP contribution in [-0.2, 0) is 11.3 Å². The molecular weight excluding hydrogens is 547 g/mol. The molecule has 0 bridgehead atoms. The number of fused-ring (bicyclic) bond motifs is 1. The molecule has 1 aliphatic carbocycles. The van der Waals surface area contributed by atoms with Gasteiger partial charge in [-0.1, -0.05) is 23.2 Å². The molecule has 0 radical (unpaired) electrons. The standard InChI is InChI=1S/C26H32Cl2N6O5/c1-25(2,3)39-24(36)32-12-26(13-32)8-15(9-26)34-21-14(10-30-22(29-4)31-21)11-33(23(34)35)20-18(27)16(37-5)7-17(38-6)19(20)28/h7,10,15H,8-9,11-13H2,1-6H3,(H,29,30,31). The van der Waals surface area contributed by atoms with Crippen LogP contribution in [-0.4, -0.2) is 73.0 Å². The largest absolute Gasteiger partial charge is 0.495 e. The van der Waals surface area contributed by atoms with Gasteiger partial charge in [-0.05, 0) is 33.6 Å². The van der Waals surface area contributed by atoms with E-state index in [0.29, 0.717) is 54.9 Å². The fourth-order valence-electron chi connectivity index (χ4n) is 5.51. The van der Waals surface area contributed by atoms with E-state index < -0.39 is 5.60 Å². The Bertz CT molecular complexity index is 1290. The Morgan fingerprint density at radius 2 is 1.74 bits per heavy atom. The molecule has 3 heterocycles. The molecule has 0 atom stereocenters. The Hall–Kier alpha value is -3.18. The predicted octanol–water partition coefficient (Wildman–Crippen LogP) is 5.19. The zero-order chi connectivity index (χ0) is 28.3. The summed E-state index contributed by atoms with van der Waals surface area (Å²) in [6.07, 6.45) is 2.81. The van der Waals surface area contributed by atoms with Crippen LogP contribution in [0.3, 0.4) is 0 Å². The van der Waals surface area contributed by atoms with Crippen molar-refractivity contribution in [1.29, 1.82) is 0 Å². The molecule has 3 aliphatic rings. The zero-order valence-electron chi connectivity index (χ0n) is 22.8. The van der Waals surface area contributed by atoms with Crippen molar-refractivity contribution in [2.45, 2.75) is 51.8 Å². The first-order valence-electron chi connectivity index (χ1n) is 12.6. The van der Waals surface area contributed by atoms with Crippen molar-refractivity contribution >= 4 is 52.8 Å². The summed E-state index contributed by atoms with van der Waals surface area (Å²) in [6.45, 7) is 6.89. The number of urea groups is 1. The first-order valence-corrected chi connectivity index (χ1v) is 13.4. The topological polar surface area (TPSA) is 109 Å². The molecule has 2 aliphatic heterocycles. The van der Waals surface area contributed by atoms with Crippen LogP contribution in [0.2, 0.25) is 10.0 Å². The first-order chi connectivity index (χ1) is 18.4. The van der Waals surface area contributed by atoms with Gasteiger partial charge in [0.2, 0.25) is 5.95 Å². The molecule has 1 saturated heterocycles. The van der Waals surface area contributed by atoms with Gasteiger partial charge in [-0.2, -0.15) is 4.98 Å². The Kier molecular flexibility index (Phi) is 6.87. The lowest BCUT2D eigenvalue weighted by Gasteiger charge is -2.60. The van der Waals surface area contributed by atoms with E-state index in [9.17, 15) is 9.59 Å². The molecular formula is C26H32Cl2N6O5. The summed E-state index contributed by atoms with van der Waals surface area (Å²) in [4.78, 5) is 40.6. The minimum Gasteiger partial charge on any atom is -0.495 e. The summed E-state index contributed by atoms with van der Waals surface area (Å²) in [5, 5.41) is 3.34. The Morgan fingerprint density at radius 3 is 2.28 bits per heavy atom. The molecule has 0 unspecified atom stereocenters. The van der Waals surface area contributed by atoms with Gasteiger partial charge in [-0.25, -0.2) is 14.6 Å². The van der Waals surface area contributed by atoms with Gasteiger partial charge in [-0.15, -0.1) is 0 Å². The normalized spacial score (nSPS) is 18.4. The SMILES string of the molecule is CNc1ncc2c(n1)N(C1CC3(C1)CN(C(=O)OC(C)(C)C)C3)C(=O)N(c1c(Cl)c(OC)cc(OC)c1Cl)C2. The predicted molar refractivity (Wildman–Crippen MR) is 148 cm³/mol. The number of aromatic nitrogens is 2. The lowest BCUT2D eigenvalue weighted by Crippen LogP contribution is -2.69. The van der Waals surface area contributed by atoms with E-state index in [4.69, 9.17) is 37.4 Å². The van der Waals surface area contributed by atoms with E-state index in [0.717, 1.165) is 5.56 Å². The van der Waals surface area contributed by atoms with Gasteiger partial charge in [-0.3, -0.25) is 9.80 Å². The number of hydrogen-bond donors (Lipinski definition) is 1. The van der Waals surface area contributed by atoms with Gasteiger partial charge in [0.25, 0.3) is 0 Å². The lowest BCUT2D eigenvalue weighted by atomic mass is 9.60. The molecule has 39 heavy (non-hydrogen) atoms. The van der Waals surface area contributed by atoms with E-state index in [1.807, 2.05) is 20.8 Å². The smallest absolute Gasteiger partial charge is 0.410 e. The van der Waals surface area contributed by atoms with Crippen molar-refractivity contribution < 1.29 is 23.8 Å². The van der Waals surface area contributed by atoms with Gasteiger partial charge in [0.1, 0.15) is 33.0 Å². The second kappa shape index (κ2) is 9.78. The third kappa shape index (κ3) is 4.75. The van der Waals surface area contributed by atoms with Crippen molar-refractivity contribution in [3.63, 3.8) is 0 Å². The molecule has 1 spiro atoms. The minimum atomic E-state index is -0.550. The number of halogens is 2. The monoisotopic (exact) mass is 578 g/mol. The van der Waals surface area contributed by atoms with Crippen LogP contribution >= 0.6 is 23.2 Å². The van der Waals surface area contributed by atoms with Crippen LogP contribution in [0.1, 0.15) is 39.2 Å². The van der Waals surface area contributed by atoms with E-state index in [1.54, 1.807) is 29.1 Å². The molecule has 11 nitrogen and oxygen atoms in total. The van der Waals surface area contributed by atoms with E-state index >= 15 is 0 Å². The second-order valence-corrected chi connectivity index (χ2v) is 11.9. The van der Waals surface area contributed by atoms with Gasteiger partial charge < -0.3 is 24.4 Å². The van der Waals surface area contributed by atoms with E-state index in [-0.39, 0.29) is 40.2 Å². The van der Waals surface area contributed by atoms with Crippen molar-refractivity contribution in [3.05, 3.63) is 27.9 Å². The summed E-state index contributed by atoms with van der Waals surface area (Å²) in [5.41, 5.74) is 0.428. The number of ether oxygens (including phenoxy) is 3. The number of carbonyl (C=O) groups excluding carboxylic acids is 2. The summed E-state index contributed by atoms with van der Waals surface area (Å²) in [5.74, 6) is 1.62. The fraction of sp³-hybridized carbons (Fsp3) is 0.538. The summed E-state index contributed by atoms with van der Waals surface area (Å²) < 4.78 is 16.4. The van der Waals surface area contributed by atoms with Gasteiger partial charge in [0, 0.05) is 49.4 Å². The van der Waals surface area contributed by atoms with Crippen LogP contribution in [0.5, 0.6) is 11.5 Å². The Morgan fingerprint density at radius 1 is 1.13 bits per heavy atom. The van der Waals surface area contributed by atoms with Crippen molar-refractivity contribution in [1.82, 2.24) is 14.9 Å². The average molecular weight is 579 g/mol. The number of benzene rings is 1. The third-order valence-electron chi connectivity index (χ3n) is 7.29. The van der Waals surface area contributed by atoms with Crippen molar-refractivity contribution in [2.75, 3.05) is 49.5 Å². The highest BCUT2D eigenvalue weighted by Crippen LogP contribution is 2.53. The zero-order valence-corrected chi connectivity index (χ0v) is 24.3. The van der Waals surface area contributed by atoms with Gasteiger partial charge in [0.05, 0.1) is 26.5 Å². The number of nitrogens with zero attached hydrogens (tertiary/aromatic N) is 5. The minimum absolute atomic E-state index is 0.0579. The number of hydrogen-bond acceptors (Lipinski definition) is 8. The van der Waals surface area contributed by atoms with Crippen LogP contribution in [0.25, 0.3) is 0 Å². The summed E-state index contributed by atoms with van der Waals surface area (Å²) >= 11 is 13.4. The van der Waals surface area contributed by atoms with Crippen LogP contribution < -0.4 is 24.6 Å². The third-order valence-corrected chi connectivity index (χ3v) is 8.02.